The third-order valence-electron chi connectivity index (χ3n) is 2.26. The molecule has 0 unspecified atom stereocenters. The van der Waals surface area contributed by atoms with Gasteiger partial charge >= 0.3 is 0 Å². The second kappa shape index (κ2) is 3.11. The Hall–Kier alpha value is -0.890. The number of nitrogens with zero attached hydrogens (tertiary/aromatic N) is 1. The summed E-state index contributed by atoms with van der Waals surface area (Å²) in [4.78, 5) is 4.26. The second-order valence-electron chi connectivity index (χ2n) is 3.23. The van der Waals surface area contributed by atoms with E-state index in [0.29, 0.717) is 0 Å². The molecule has 2 heteroatoms. The number of aromatic nitrogens is 1. The third kappa shape index (κ3) is 1.35. The molecule has 0 amide bonds. The molecule has 0 bridgehead atoms. The van der Waals surface area contributed by atoms with Crippen molar-refractivity contribution in [2.75, 3.05) is 0 Å². The van der Waals surface area contributed by atoms with Gasteiger partial charge in [0.15, 0.2) is 0 Å². The van der Waals surface area contributed by atoms with Crippen molar-refractivity contribution in [1.29, 1.82) is 0 Å². The van der Waals surface area contributed by atoms with Crippen molar-refractivity contribution < 1.29 is 0 Å². The molecule has 0 radical (unpaired) electrons. The molecule has 1 nitrogen and oxygen atoms in total. The van der Waals surface area contributed by atoms with Crippen LogP contribution in [0.3, 0.4) is 0 Å². The van der Waals surface area contributed by atoms with Gasteiger partial charge in [0.2, 0.25) is 0 Å². The fourth-order valence-electron chi connectivity index (χ4n) is 1.65. The average molecular weight is 236 g/mol. The van der Waals surface area contributed by atoms with E-state index in [0.717, 1.165) is 4.60 Å². The van der Waals surface area contributed by atoms with Crippen molar-refractivity contribution in [3.63, 3.8) is 0 Å². The number of benzene rings is 1. The summed E-state index contributed by atoms with van der Waals surface area (Å²) in [6.45, 7) is 4.22. The van der Waals surface area contributed by atoms with E-state index in [9.17, 15) is 0 Å². The first-order valence-electron chi connectivity index (χ1n) is 4.20. The molecule has 1 aromatic carbocycles. The van der Waals surface area contributed by atoms with E-state index in [1.807, 2.05) is 6.20 Å². The summed E-state index contributed by atoms with van der Waals surface area (Å²) < 4.78 is 0.928. The Bertz CT molecular complexity index is 455. The highest BCUT2D eigenvalue weighted by atomic mass is 79.9. The lowest BCUT2D eigenvalue weighted by Gasteiger charge is -2.05. The molecule has 0 saturated carbocycles. The molecule has 0 spiro atoms. The van der Waals surface area contributed by atoms with Crippen molar-refractivity contribution in [3.8, 4) is 0 Å². The van der Waals surface area contributed by atoms with E-state index < -0.39 is 0 Å². The summed E-state index contributed by atoms with van der Waals surface area (Å²) in [6.07, 6.45) is 1.90. The number of rotatable bonds is 0. The monoisotopic (exact) mass is 235 g/mol. The zero-order valence-corrected chi connectivity index (χ0v) is 9.22. The fourth-order valence-corrected chi connectivity index (χ4v) is 2.08. The zero-order chi connectivity index (χ0) is 9.42. The minimum Gasteiger partial charge on any atom is -0.248 e. The number of halogens is 1. The van der Waals surface area contributed by atoms with Crippen LogP contribution in [0.2, 0.25) is 0 Å². The SMILES string of the molecule is Cc1cccc2c(Br)ncc(C)c12. The molecule has 0 aliphatic carbocycles. The number of aryl methyl sites for hydroxylation is 2. The van der Waals surface area contributed by atoms with Gasteiger partial charge in [-0.15, -0.1) is 0 Å². The molecule has 1 aromatic heterocycles. The van der Waals surface area contributed by atoms with Gasteiger partial charge in [-0.05, 0) is 46.3 Å². The van der Waals surface area contributed by atoms with Gasteiger partial charge in [0, 0.05) is 11.6 Å². The maximum Gasteiger partial charge on any atom is 0.113 e. The van der Waals surface area contributed by atoms with Gasteiger partial charge in [0.25, 0.3) is 0 Å². The van der Waals surface area contributed by atoms with Crippen LogP contribution in [0.4, 0.5) is 0 Å². The Labute approximate surface area is 85.9 Å². The van der Waals surface area contributed by atoms with E-state index in [2.05, 4.69) is 53.0 Å². The Morgan fingerprint density at radius 1 is 1.15 bits per heavy atom. The molecule has 0 saturated heterocycles. The predicted octanol–water partition coefficient (Wildman–Crippen LogP) is 3.61. The van der Waals surface area contributed by atoms with Crippen molar-refractivity contribution in [3.05, 3.63) is 40.1 Å². The van der Waals surface area contributed by atoms with E-state index in [1.165, 1.54) is 21.9 Å². The highest BCUT2D eigenvalue weighted by Crippen LogP contribution is 2.26. The molecule has 0 fully saturated rings. The van der Waals surface area contributed by atoms with E-state index in [1.54, 1.807) is 0 Å². The fraction of sp³-hybridized carbons (Fsp3) is 0.182. The maximum atomic E-state index is 4.26. The van der Waals surface area contributed by atoms with Crippen LogP contribution in [0.5, 0.6) is 0 Å². The lowest BCUT2D eigenvalue weighted by molar-refractivity contribution is 1.26. The van der Waals surface area contributed by atoms with Crippen LogP contribution >= 0.6 is 15.9 Å². The summed E-state index contributed by atoms with van der Waals surface area (Å²) >= 11 is 3.45. The molecule has 0 aliphatic heterocycles. The second-order valence-corrected chi connectivity index (χ2v) is 3.98. The van der Waals surface area contributed by atoms with Crippen LogP contribution in [0.25, 0.3) is 10.8 Å². The highest BCUT2D eigenvalue weighted by Gasteiger charge is 2.03. The van der Waals surface area contributed by atoms with E-state index in [-0.39, 0.29) is 0 Å². The largest absolute Gasteiger partial charge is 0.248 e. The molecular weight excluding hydrogens is 226 g/mol. The van der Waals surface area contributed by atoms with Crippen LogP contribution in [0.15, 0.2) is 29.0 Å². The summed E-state index contributed by atoms with van der Waals surface area (Å²) in [5.74, 6) is 0. The van der Waals surface area contributed by atoms with Gasteiger partial charge in [-0.3, -0.25) is 0 Å². The number of hydrogen-bond acceptors (Lipinski definition) is 1. The van der Waals surface area contributed by atoms with Crippen LogP contribution in [0.1, 0.15) is 11.1 Å². The van der Waals surface area contributed by atoms with Gasteiger partial charge in [0.1, 0.15) is 4.60 Å². The van der Waals surface area contributed by atoms with Gasteiger partial charge < -0.3 is 0 Å². The topological polar surface area (TPSA) is 12.9 Å². The van der Waals surface area contributed by atoms with Gasteiger partial charge in [-0.2, -0.15) is 0 Å². The Morgan fingerprint density at radius 2 is 1.92 bits per heavy atom. The molecule has 2 aromatic rings. The van der Waals surface area contributed by atoms with Crippen molar-refractivity contribution in [1.82, 2.24) is 4.98 Å². The molecule has 66 valence electrons. The lowest BCUT2D eigenvalue weighted by atomic mass is 10.0. The molecule has 2 rings (SSSR count). The number of pyridine rings is 1. The Morgan fingerprint density at radius 3 is 2.62 bits per heavy atom. The summed E-state index contributed by atoms with van der Waals surface area (Å²) in [5.41, 5.74) is 2.54. The summed E-state index contributed by atoms with van der Waals surface area (Å²) in [7, 11) is 0. The third-order valence-corrected chi connectivity index (χ3v) is 2.89. The lowest BCUT2D eigenvalue weighted by Crippen LogP contribution is -1.86. The number of fused-ring (bicyclic) bond motifs is 1. The minimum atomic E-state index is 0.928. The van der Waals surface area contributed by atoms with Crippen LogP contribution in [0, 0.1) is 13.8 Å². The van der Waals surface area contributed by atoms with Crippen LogP contribution < -0.4 is 0 Å². The first kappa shape index (κ1) is 8.70. The maximum absolute atomic E-state index is 4.26. The molecule has 0 atom stereocenters. The van der Waals surface area contributed by atoms with Crippen molar-refractivity contribution in [2.45, 2.75) is 13.8 Å². The van der Waals surface area contributed by atoms with E-state index >= 15 is 0 Å². The van der Waals surface area contributed by atoms with Gasteiger partial charge in [-0.25, -0.2) is 4.98 Å². The van der Waals surface area contributed by atoms with Gasteiger partial charge in [0.05, 0.1) is 0 Å². The van der Waals surface area contributed by atoms with E-state index in [4.69, 9.17) is 0 Å². The smallest absolute Gasteiger partial charge is 0.113 e. The minimum absolute atomic E-state index is 0.928. The van der Waals surface area contributed by atoms with Crippen molar-refractivity contribution in [2.24, 2.45) is 0 Å². The van der Waals surface area contributed by atoms with Crippen LogP contribution in [-0.2, 0) is 0 Å². The van der Waals surface area contributed by atoms with Crippen LogP contribution in [-0.4, -0.2) is 4.98 Å². The molecular formula is C11H10BrN. The Balaban J connectivity index is 3.00. The van der Waals surface area contributed by atoms with Gasteiger partial charge in [-0.1, -0.05) is 18.2 Å². The summed E-state index contributed by atoms with van der Waals surface area (Å²) in [6, 6.07) is 6.28. The quantitative estimate of drug-likeness (QED) is 0.636. The first-order valence-corrected chi connectivity index (χ1v) is 5.00. The molecule has 13 heavy (non-hydrogen) atoms. The molecule has 1 heterocycles. The normalized spacial score (nSPS) is 10.7. The standard InChI is InChI=1S/C11H10BrN/c1-7-4-3-5-9-10(7)8(2)6-13-11(9)12/h3-6H,1-2H3. The molecule has 0 aliphatic rings. The summed E-state index contributed by atoms with van der Waals surface area (Å²) in [5, 5.41) is 2.50. The average Bonchev–Trinajstić information content (AvgIpc) is 2.12. The van der Waals surface area contributed by atoms with Crippen molar-refractivity contribution >= 4 is 26.7 Å². The first-order chi connectivity index (χ1) is 6.20. The Kier molecular flexibility index (Phi) is 2.08. The zero-order valence-electron chi connectivity index (χ0n) is 7.63. The molecule has 0 N–H and O–H groups in total. The number of hydrogen-bond donors (Lipinski definition) is 0. The predicted molar refractivity (Wildman–Crippen MR) is 58.9 cm³/mol. The highest BCUT2D eigenvalue weighted by molar-refractivity contribution is 9.10.